The molecule has 2 rings (SSSR count). The number of anilines is 1. The second kappa shape index (κ2) is 9.79. The van der Waals surface area contributed by atoms with Gasteiger partial charge < -0.3 is 20.5 Å². The fourth-order valence-corrected chi connectivity index (χ4v) is 2.45. The number of aliphatic hydroxyl groups is 1. The van der Waals surface area contributed by atoms with Crippen molar-refractivity contribution in [2.45, 2.75) is 19.6 Å². The molecule has 0 aliphatic rings. The monoisotopic (exact) mass is 376 g/mol. The van der Waals surface area contributed by atoms with Crippen molar-refractivity contribution in [2.24, 2.45) is 0 Å². The number of ether oxygens (including phenoxy) is 1. The van der Waals surface area contributed by atoms with Crippen molar-refractivity contribution in [3.05, 3.63) is 64.7 Å². The number of hydrogen-bond donors (Lipinski definition) is 3. The first-order valence-electron chi connectivity index (χ1n) is 8.18. The molecular formula is C19H21ClN2O4. The topological polar surface area (TPSA) is 87.7 Å². The summed E-state index contributed by atoms with van der Waals surface area (Å²) in [5.41, 5.74) is 1.61. The molecule has 0 heterocycles. The summed E-state index contributed by atoms with van der Waals surface area (Å²) in [5.74, 6) is -1.04. The number of rotatable bonds is 8. The van der Waals surface area contributed by atoms with Crippen LogP contribution in [0.1, 0.15) is 22.8 Å². The lowest BCUT2D eigenvalue weighted by molar-refractivity contribution is -0.129. The van der Waals surface area contributed by atoms with Crippen LogP contribution >= 0.6 is 11.6 Å². The molecule has 26 heavy (non-hydrogen) atoms. The van der Waals surface area contributed by atoms with Gasteiger partial charge in [0.05, 0.1) is 12.2 Å². The van der Waals surface area contributed by atoms with Crippen LogP contribution in [0, 0.1) is 0 Å². The molecule has 3 N–H and O–H groups in total. The molecule has 2 aromatic carbocycles. The van der Waals surface area contributed by atoms with E-state index in [0.717, 1.165) is 5.56 Å². The van der Waals surface area contributed by atoms with Gasteiger partial charge in [0.15, 0.2) is 6.10 Å². The zero-order chi connectivity index (χ0) is 18.9. The van der Waals surface area contributed by atoms with Crippen LogP contribution in [0.5, 0.6) is 0 Å². The van der Waals surface area contributed by atoms with Crippen LogP contribution in [-0.4, -0.2) is 36.2 Å². The smallest absolute Gasteiger partial charge is 0.341 e. The van der Waals surface area contributed by atoms with Crippen molar-refractivity contribution in [3.8, 4) is 0 Å². The molecule has 0 fully saturated rings. The third-order valence-electron chi connectivity index (χ3n) is 3.64. The minimum Gasteiger partial charge on any atom is -0.449 e. The van der Waals surface area contributed by atoms with E-state index in [1.165, 1.54) is 6.92 Å². The molecule has 0 bridgehead atoms. The number of carbonyl (C=O) groups is 2. The van der Waals surface area contributed by atoms with Gasteiger partial charge in [-0.05, 0) is 30.7 Å². The Labute approximate surface area is 157 Å². The summed E-state index contributed by atoms with van der Waals surface area (Å²) in [6, 6.07) is 13.9. The molecule has 7 heteroatoms. The van der Waals surface area contributed by atoms with Gasteiger partial charge in [-0.2, -0.15) is 0 Å². The van der Waals surface area contributed by atoms with Gasteiger partial charge in [0.1, 0.15) is 0 Å². The number of halogens is 1. The minimum atomic E-state index is -0.962. The Kier molecular flexibility index (Phi) is 7.44. The molecule has 0 radical (unpaired) electrons. The van der Waals surface area contributed by atoms with Crippen LogP contribution < -0.4 is 10.6 Å². The second-order valence-electron chi connectivity index (χ2n) is 5.55. The zero-order valence-corrected chi connectivity index (χ0v) is 15.1. The Morgan fingerprint density at radius 3 is 2.58 bits per heavy atom. The van der Waals surface area contributed by atoms with Crippen LogP contribution in [0.25, 0.3) is 0 Å². The Morgan fingerprint density at radius 2 is 1.85 bits per heavy atom. The van der Waals surface area contributed by atoms with Crippen LogP contribution in [0.3, 0.4) is 0 Å². The lowest BCUT2D eigenvalue weighted by atomic mass is 10.1. The number of amides is 1. The number of esters is 1. The SMILES string of the molecule is C[C@@H](OC(=O)c1ccccc1NCCO)C(=O)NCc1ccccc1Cl. The summed E-state index contributed by atoms with van der Waals surface area (Å²) in [5, 5.41) is 15.1. The molecule has 0 aliphatic carbocycles. The lowest BCUT2D eigenvalue weighted by Gasteiger charge is -2.16. The van der Waals surface area contributed by atoms with Crippen molar-refractivity contribution in [3.63, 3.8) is 0 Å². The van der Waals surface area contributed by atoms with Gasteiger partial charge in [0, 0.05) is 23.8 Å². The first kappa shape index (κ1) is 19.8. The van der Waals surface area contributed by atoms with Gasteiger partial charge in [-0.3, -0.25) is 4.79 Å². The van der Waals surface area contributed by atoms with Crippen LogP contribution in [0.2, 0.25) is 5.02 Å². The van der Waals surface area contributed by atoms with E-state index in [2.05, 4.69) is 10.6 Å². The van der Waals surface area contributed by atoms with Gasteiger partial charge in [-0.25, -0.2) is 4.79 Å². The molecule has 2 aromatic rings. The minimum absolute atomic E-state index is 0.0652. The van der Waals surface area contributed by atoms with Crippen LogP contribution in [0.4, 0.5) is 5.69 Å². The highest BCUT2D eigenvalue weighted by atomic mass is 35.5. The van der Waals surface area contributed by atoms with E-state index in [4.69, 9.17) is 21.4 Å². The third kappa shape index (κ3) is 5.47. The van der Waals surface area contributed by atoms with Crippen molar-refractivity contribution >= 4 is 29.2 Å². The maximum Gasteiger partial charge on any atom is 0.341 e. The Morgan fingerprint density at radius 1 is 1.15 bits per heavy atom. The predicted octanol–water partition coefficient (Wildman–Crippen LogP) is 2.61. The number of carbonyl (C=O) groups excluding carboxylic acids is 2. The van der Waals surface area contributed by atoms with E-state index >= 15 is 0 Å². The molecule has 0 aliphatic heterocycles. The molecule has 0 spiro atoms. The molecular weight excluding hydrogens is 356 g/mol. The first-order chi connectivity index (χ1) is 12.5. The maximum absolute atomic E-state index is 12.3. The highest BCUT2D eigenvalue weighted by molar-refractivity contribution is 6.31. The molecule has 0 unspecified atom stereocenters. The van der Waals surface area contributed by atoms with Crippen molar-refractivity contribution in [1.29, 1.82) is 0 Å². The zero-order valence-electron chi connectivity index (χ0n) is 14.4. The van der Waals surface area contributed by atoms with E-state index in [-0.39, 0.29) is 13.2 Å². The number of benzene rings is 2. The van der Waals surface area contributed by atoms with Crippen LogP contribution in [0.15, 0.2) is 48.5 Å². The fraction of sp³-hybridized carbons (Fsp3) is 0.263. The van der Waals surface area contributed by atoms with Crippen molar-refractivity contribution in [1.82, 2.24) is 5.32 Å². The molecule has 0 aromatic heterocycles. The van der Waals surface area contributed by atoms with E-state index in [1.807, 2.05) is 12.1 Å². The molecule has 0 saturated carbocycles. The number of para-hydroxylation sites is 1. The van der Waals surface area contributed by atoms with Gasteiger partial charge >= 0.3 is 5.97 Å². The summed E-state index contributed by atoms with van der Waals surface area (Å²) in [6.45, 7) is 1.99. The van der Waals surface area contributed by atoms with Crippen molar-refractivity contribution in [2.75, 3.05) is 18.5 Å². The van der Waals surface area contributed by atoms with E-state index < -0.39 is 18.0 Å². The molecule has 1 atom stereocenters. The standard InChI is InChI=1S/C19H21ClN2O4/c1-13(18(24)22-12-14-6-2-4-8-16(14)20)26-19(25)15-7-3-5-9-17(15)21-10-11-23/h2-9,13,21,23H,10-12H2,1H3,(H,22,24)/t13-/m1/s1. The van der Waals surface area contributed by atoms with Gasteiger partial charge in [0.25, 0.3) is 5.91 Å². The summed E-state index contributed by atoms with van der Waals surface area (Å²) in [7, 11) is 0. The highest BCUT2D eigenvalue weighted by Crippen LogP contribution is 2.17. The van der Waals surface area contributed by atoms with E-state index in [0.29, 0.717) is 22.8 Å². The summed E-state index contributed by atoms with van der Waals surface area (Å²) >= 11 is 6.05. The normalized spacial score (nSPS) is 11.5. The second-order valence-corrected chi connectivity index (χ2v) is 5.96. The maximum atomic E-state index is 12.3. The molecule has 6 nitrogen and oxygen atoms in total. The quantitative estimate of drug-likeness (QED) is 0.616. The largest absolute Gasteiger partial charge is 0.449 e. The van der Waals surface area contributed by atoms with E-state index in [9.17, 15) is 9.59 Å². The Bertz CT molecular complexity index is 767. The van der Waals surface area contributed by atoms with Gasteiger partial charge in [-0.1, -0.05) is 41.9 Å². The average molecular weight is 377 g/mol. The van der Waals surface area contributed by atoms with Crippen molar-refractivity contribution < 1.29 is 19.4 Å². The molecule has 0 saturated heterocycles. The van der Waals surface area contributed by atoms with Gasteiger partial charge in [-0.15, -0.1) is 0 Å². The Hall–Kier alpha value is -2.57. The first-order valence-corrected chi connectivity index (χ1v) is 8.56. The summed E-state index contributed by atoms with van der Waals surface area (Å²) in [6.07, 6.45) is -0.962. The van der Waals surface area contributed by atoms with Crippen LogP contribution in [-0.2, 0) is 16.1 Å². The summed E-state index contributed by atoms with van der Waals surface area (Å²) < 4.78 is 5.25. The molecule has 138 valence electrons. The highest BCUT2D eigenvalue weighted by Gasteiger charge is 2.20. The number of aliphatic hydroxyl groups excluding tert-OH is 1. The van der Waals surface area contributed by atoms with E-state index in [1.54, 1.807) is 36.4 Å². The third-order valence-corrected chi connectivity index (χ3v) is 4.01. The fourth-order valence-electron chi connectivity index (χ4n) is 2.25. The number of hydrogen-bond acceptors (Lipinski definition) is 5. The average Bonchev–Trinajstić information content (AvgIpc) is 2.65. The molecule has 1 amide bonds. The number of nitrogens with one attached hydrogen (secondary N) is 2. The van der Waals surface area contributed by atoms with Gasteiger partial charge in [0.2, 0.25) is 0 Å². The Balaban J connectivity index is 1.94. The predicted molar refractivity (Wildman–Crippen MR) is 100 cm³/mol. The summed E-state index contributed by atoms with van der Waals surface area (Å²) in [4.78, 5) is 24.5. The lowest BCUT2D eigenvalue weighted by Crippen LogP contribution is -2.35.